The fourth-order valence-corrected chi connectivity index (χ4v) is 1.37. The predicted molar refractivity (Wildman–Crippen MR) is 56.3 cm³/mol. The summed E-state index contributed by atoms with van der Waals surface area (Å²) in [5, 5.41) is 8.47. The van der Waals surface area contributed by atoms with Crippen LogP contribution in [-0.4, -0.2) is 12.6 Å². The highest BCUT2D eigenvalue weighted by Gasteiger charge is 2.12. The van der Waals surface area contributed by atoms with Crippen LogP contribution in [0.15, 0.2) is 18.2 Å². The van der Waals surface area contributed by atoms with Crippen molar-refractivity contribution in [2.75, 3.05) is 6.61 Å². The molecule has 0 amide bonds. The summed E-state index contributed by atoms with van der Waals surface area (Å²) < 4.78 is 17.8. The Labute approximate surface area is 93.5 Å². The van der Waals surface area contributed by atoms with E-state index in [9.17, 15) is 9.18 Å². The topological polar surface area (TPSA) is 50.1 Å². The number of nitrogens with zero attached hydrogens (tertiary/aromatic N) is 1. The molecule has 0 atom stereocenters. The third-order valence-electron chi connectivity index (χ3n) is 2.07. The van der Waals surface area contributed by atoms with Gasteiger partial charge in [-0.25, -0.2) is 9.18 Å². The molecule has 0 unspecified atom stereocenters. The van der Waals surface area contributed by atoms with Crippen molar-refractivity contribution in [2.45, 2.75) is 19.8 Å². The Morgan fingerprint density at radius 2 is 2.31 bits per heavy atom. The largest absolute Gasteiger partial charge is 0.462 e. The van der Waals surface area contributed by atoms with Crippen LogP contribution < -0.4 is 0 Å². The molecule has 0 spiro atoms. The van der Waals surface area contributed by atoms with E-state index < -0.39 is 11.8 Å². The number of carbonyl (C=O) groups excluding carboxylic acids is 1. The lowest BCUT2D eigenvalue weighted by molar-refractivity contribution is 0.0525. The van der Waals surface area contributed by atoms with E-state index in [2.05, 4.69) is 0 Å². The minimum Gasteiger partial charge on any atom is -0.462 e. The van der Waals surface area contributed by atoms with E-state index in [-0.39, 0.29) is 13.0 Å². The molecular formula is C12H12FNO2. The van der Waals surface area contributed by atoms with Gasteiger partial charge in [0.2, 0.25) is 0 Å². The normalized spacial score (nSPS) is 9.56. The lowest BCUT2D eigenvalue weighted by Gasteiger charge is -2.07. The van der Waals surface area contributed by atoms with Crippen LogP contribution in [0.25, 0.3) is 0 Å². The molecule has 0 aliphatic heterocycles. The van der Waals surface area contributed by atoms with Crippen LogP contribution in [0.1, 0.15) is 29.3 Å². The summed E-state index contributed by atoms with van der Waals surface area (Å²) >= 11 is 0. The van der Waals surface area contributed by atoms with Gasteiger partial charge in [0.25, 0.3) is 0 Å². The molecule has 16 heavy (non-hydrogen) atoms. The number of ether oxygens (including phenoxy) is 1. The second kappa shape index (κ2) is 5.86. The molecule has 1 rings (SSSR count). The summed E-state index contributed by atoms with van der Waals surface area (Å²) in [5.74, 6) is -0.892. The standard InChI is InChI=1S/C12H12FNO2/c1-2-16-12(15)11-6-5-10(13)8-9(11)4-3-7-14/h5-6,8H,2-4H2,1H3. The van der Waals surface area contributed by atoms with Crippen LogP contribution in [0, 0.1) is 17.1 Å². The molecule has 0 aliphatic rings. The van der Waals surface area contributed by atoms with Crippen molar-refractivity contribution in [3.05, 3.63) is 35.1 Å². The molecule has 0 heterocycles. The molecule has 0 saturated carbocycles. The Balaban J connectivity index is 2.98. The average Bonchev–Trinajstić information content (AvgIpc) is 2.26. The van der Waals surface area contributed by atoms with Gasteiger partial charge in [-0.3, -0.25) is 0 Å². The molecule has 0 aromatic heterocycles. The minimum atomic E-state index is -0.476. The summed E-state index contributed by atoms with van der Waals surface area (Å²) in [7, 11) is 0. The molecule has 3 nitrogen and oxygen atoms in total. The summed E-state index contributed by atoms with van der Waals surface area (Å²) in [6.07, 6.45) is 0.596. The molecule has 0 radical (unpaired) electrons. The highest BCUT2D eigenvalue weighted by molar-refractivity contribution is 5.91. The Morgan fingerprint density at radius 3 is 2.94 bits per heavy atom. The third-order valence-corrected chi connectivity index (χ3v) is 2.07. The number of halogens is 1. The lowest BCUT2D eigenvalue weighted by atomic mass is 10.0. The van der Waals surface area contributed by atoms with Crippen molar-refractivity contribution in [1.82, 2.24) is 0 Å². The highest BCUT2D eigenvalue weighted by atomic mass is 19.1. The maximum Gasteiger partial charge on any atom is 0.338 e. The molecular weight excluding hydrogens is 209 g/mol. The lowest BCUT2D eigenvalue weighted by Crippen LogP contribution is -2.08. The number of carbonyl (C=O) groups is 1. The summed E-state index contributed by atoms with van der Waals surface area (Å²) in [4.78, 5) is 11.5. The Kier molecular flexibility index (Phi) is 4.46. The molecule has 1 aromatic rings. The van der Waals surface area contributed by atoms with Crippen LogP contribution in [0.2, 0.25) is 0 Å². The molecule has 0 N–H and O–H groups in total. The van der Waals surface area contributed by atoms with Crippen LogP contribution in [0.5, 0.6) is 0 Å². The van der Waals surface area contributed by atoms with E-state index in [0.717, 1.165) is 0 Å². The molecule has 84 valence electrons. The van der Waals surface area contributed by atoms with Gasteiger partial charge in [-0.05, 0) is 37.1 Å². The van der Waals surface area contributed by atoms with Gasteiger partial charge in [-0.1, -0.05) is 0 Å². The van der Waals surface area contributed by atoms with E-state index in [0.29, 0.717) is 17.5 Å². The number of benzene rings is 1. The van der Waals surface area contributed by atoms with Gasteiger partial charge in [0.15, 0.2) is 0 Å². The molecule has 0 aliphatic carbocycles. The SMILES string of the molecule is CCOC(=O)c1ccc(F)cc1CCC#N. The van der Waals surface area contributed by atoms with Crippen LogP contribution in [0.4, 0.5) is 4.39 Å². The maximum absolute atomic E-state index is 13.0. The van der Waals surface area contributed by atoms with Gasteiger partial charge >= 0.3 is 5.97 Å². The number of rotatable bonds is 4. The molecule has 0 bridgehead atoms. The van der Waals surface area contributed by atoms with Crippen molar-refractivity contribution in [3.63, 3.8) is 0 Å². The first-order valence-electron chi connectivity index (χ1n) is 5.01. The minimum absolute atomic E-state index is 0.246. The number of esters is 1. The Morgan fingerprint density at radius 1 is 1.56 bits per heavy atom. The van der Waals surface area contributed by atoms with E-state index >= 15 is 0 Å². The molecule has 4 heteroatoms. The van der Waals surface area contributed by atoms with Crippen molar-refractivity contribution in [3.8, 4) is 6.07 Å². The van der Waals surface area contributed by atoms with Crippen molar-refractivity contribution >= 4 is 5.97 Å². The fourth-order valence-electron chi connectivity index (χ4n) is 1.37. The van der Waals surface area contributed by atoms with Crippen LogP contribution >= 0.6 is 0 Å². The average molecular weight is 221 g/mol. The first-order chi connectivity index (χ1) is 7.69. The Bertz CT molecular complexity index is 424. The van der Waals surface area contributed by atoms with Gasteiger partial charge in [0, 0.05) is 6.42 Å². The molecule has 1 aromatic carbocycles. The van der Waals surface area contributed by atoms with E-state index in [1.54, 1.807) is 6.92 Å². The Hall–Kier alpha value is -1.89. The number of hydrogen-bond donors (Lipinski definition) is 0. The van der Waals surface area contributed by atoms with Gasteiger partial charge in [0.1, 0.15) is 5.82 Å². The van der Waals surface area contributed by atoms with Crippen LogP contribution in [0.3, 0.4) is 0 Å². The quantitative estimate of drug-likeness (QED) is 0.734. The first-order valence-corrected chi connectivity index (χ1v) is 5.01. The molecule has 0 saturated heterocycles. The van der Waals surface area contributed by atoms with Crippen molar-refractivity contribution < 1.29 is 13.9 Å². The van der Waals surface area contributed by atoms with Gasteiger partial charge < -0.3 is 4.74 Å². The van der Waals surface area contributed by atoms with E-state index in [1.165, 1.54) is 18.2 Å². The number of nitriles is 1. The summed E-state index contributed by atoms with van der Waals surface area (Å²) in [6.45, 7) is 1.98. The first kappa shape index (κ1) is 12.2. The molecule has 0 fully saturated rings. The summed E-state index contributed by atoms with van der Waals surface area (Å²) in [5.41, 5.74) is 0.846. The second-order valence-electron chi connectivity index (χ2n) is 3.18. The fraction of sp³-hybridized carbons (Fsp3) is 0.333. The predicted octanol–water partition coefficient (Wildman–Crippen LogP) is 2.46. The van der Waals surface area contributed by atoms with Crippen LogP contribution in [-0.2, 0) is 11.2 Å². The zero-order chi connectivity index (χ0) is 12.0. The highest BCUT2D eigenvalue weighted by Crippen LogP contribution is 2.14. The second-order valence-corrected chi connectivity index (χ2v) is 3.18. The maximum atomic E-state index is 13.0. The zero-order valence-electron chi connectivity index (χ0n) is 9.00. The van der Waals surface area contributed by atoms with E-state index in [1.807, 2.05) is 6.07 Å². The monoisotopic (exact) mass is 221 g/mol. The van der Waals surface area contributed by atoms with Gasteiger partial charge in [0.05, 0.1) is 18.2 Å². The van der Waals surface area contributed by atoms with E-state index in [4.69, 9.17) is 10.00 Å². The third kappa shape index (κ3) is 3.06. The number of aryl methyl sites for hydroxylation is 1. The van der Waals surface area contributed by atoms with Crippen molar-refractivity contribution in [2.24, 2.45) is 0 Å². The smallest absolute Gasteiger partial charge is 0.338 e. The van der Waals surface area contributed by atoms with Gasteiger partial charge in [-0.2, -0.15) is 5.26 Å². The zero-order valence-corrected chi connectivity index (χ0v) is 9.00. The van der Waals surface area contributed by atoms with Gasteiger partial charge in [-0.15, -0.1) is 0 Å². The number of hydrogen-bond acceptors (Lipinski definition) is 3. The van der Waals surface area contributed by atoms with Crippen molar-refractivity contribution in [1.29, 1.82) is 5.26 Å². The summed E-state index contributed by atoms with van der Waals surface area (Å²) in [6, 6.07) is 5.83.